The van der Waals surface area contributed by atoms with Crippen LogP contribution >= 0.6 is 0 Å². The van der Waals surface area contributed by atoms with Gasteiger partial charge in [0, 0.05) is 6.04 Å². The molecular weight excluding hydrogens is 242 g/mol. The first-order chi connectivity index (χ1) is 7.92. The molecule has 0 unspecified atom stereocenters. The Hall–Kier alpha value is -0.950. The minimum Gasteiger partial charge on any atom is -0.395 e. The van der Waals surface area contributed by atoms with Crippen molar-refractivity contribution < 1.29 is 18.6 Å². The Morgan fingerprint density at radius 2 is 1.88 bits per heavy atom. The molecule has 1 aromatic rings. The van der Waals surface area contributed by atoms with Gasteiger partial charge in [-0.25, -0.2) is 13.1 Å². The van der Waals surface area contributed by atoms with Crippen LogP contribution in [0.1, 0.15) is 18.1 Å². The number of hydrogen-bond donors (Lipinski definition) is 3. The molecule has 0 spiro atoms. The van der Waals surface area contributed by atoms with Crippen molar-refractivity contribution in [2.24, 2.45) is 0 Å². The van der Waals surface area contributed by atoms with Gasteiger partial charge in [-0.05, 0) is 12.0 Å². The van der Waals surface area contributed by atoms with Crippen LogP contribution in [-0.2, 0) is 10.0 Å². The molecule has 0 aliphatic heterocycles. The van der Waals surface area contributed by atoms with Crippen molar-refractivity contribution in [3.05, 3.63) is 35.9 Å². The molecule has 0 heterocycles. The highest BCUT2D eigenvalue weighted by Gasteiger charge is 2.18. The van der Waals surface area contributed by atoms with E-state index in [1.807, 2.05) is 6.07 Å². The van der Waals surface area contributed by atoms with E-state index in [1.54, 1.807) is 24.3 Å². The van der Waals surface area contributed by atoms with Gasteiger partial charge in [0.1, 0.15) is 0 Å². The Bertz CT molecular complexity index is 432. The van der Waals surface area contributed by atoms with Crippen LogP contribution in [0.3, 0.4) is 0 Å². The highest BCUT2D eigenvalue weighted by Crippen LogP contribution is 2.17. The standard InChI is InChI=1S/C11H17NO4S/c1-17(15,16)12-10(8-13)7-11(14)9-5-3-2-4-6-9/h2-6,10-14H,7-8H2,1H3/t10-,11+/m0/s1. The molecule has 0 fully saturated rings. The van der Waals surface area contributed by atoms with E-state index in [9.17, 15) is 13.5 Å². The summed E-state index contributed by atoms with van der Waals surface area (Å²) in [4.78, 5) is 0. The molecule has 0 amide bonds. The molecule has 1 aromatic carbocycles. The van der Waals surface area contributed by atoms with E-state index < -0.39 is 22.2 Å². The van der Waals surface area contributed by atoms with E-state index in [2.05, 4.69) is 4.72 Å². The normalized spacial score (nSPS) is 15.5. The van der Waals surface area contributed by atoms with Crippen LogP contribution in [0.2, 0.25) is 0 Å². The van der Waals surface area contributed by atoms with E-state index in [-0.39, 0.29) is 13.0 Å². The minimum absolute atomic E-state index is 0.133. The molecule has 3 N–H and O–H groups in total. The van der Waals surface area contributed by atoms with Crippen LogP contribution in [0.25, 0.3) is 0 Å². The minimum atomic E-state index is -3.38. The zero-order valence-corrected chi connectivity index (χ0v) is 10.4. The third kappa shape index (κ3) is 5.27. The monoisotopic (exact) mass is 259 g/mol. The van der Waals surface area contributed by atoms with Gasteiger partial charge in [-0.3, -0.25) is 0 Å². The van der Waals surface area contributed by atoms with Gasteiger partial charge < -0.3 is 10.2 Å². The van der Waals surface area contributed by atoms with Crippen LogP contribution in [0.5, 0.6) is 0 Å². The summed E-state index contributed by atoms with van der Waals surface area (Å²) in [5.74, 6) is 0. The largest absolute Gasteiger partial charge is 0.395 e. The predicted molar refractivity (Wildman–Crippen MR) is 64.9 cm³/mol. The van der Waals surface area contributed by atoms with Gasteiger partial charge in [-0.1, -0.05) is 30.3 Å². The number of aliphatic hydroxyl groups is 2. The van der Waals surface area contributed by atoms with Crippen LogP contribution in [0.4, 0.5) is 0 Å². The number of rotatable bonds is 6. The average molecular weight is 259 g/mol. The van der Waals surface area contributed by atoms with Crippen molar-refractivity contribution >= 4 is 10.0 Å². The lowest BCUT2D eigenvalue weighted by Crippen LogP contribution is -2.37. The van der Waals surface area contributed by atoms with Gasteiger partial charge in [0.25, 0.3) is 0 Å². The number of benzene rings is 1. The van der Waals surface area contributed by atoms with Crippen molar-refractivity contribution in [2.45, 2.75) is 18.6 Å². The summed E-state index contributed by atoms with van der Waals surface area (Å²) in [5.41, 5.74) is 0.696. The van der Waals surface area contributed by atoms with E-state index in [0.717, 1.165) is 6.26 Å². The van der Waals surface area contributed by atoms with Crippen molar-refractivity contribution in [2.75, 3.05) is 12.9 Å². The Morgan fingerprint density at radius 1 is 1.29 bits per heavy atom. The molecule has 1 rings (SSSR count). The first-order valence-electron chi connectivity index (χ1n) is 5.23. The van der Waals surface area contributed by atoms with E-state index >= 15 is 0 Å². The zero-order valence-electron chi connectivity index (χ0n) is 9.57. The lowest BCUT2D eigenvalue weighted by molar-refractivity contribution is 0.136. The maximum absolute atomic E-state index is 11.0. The second-order valence-electron chi connectivity index (χ2n) is 3.93. The molecule has 0 saturated heterocycles. The van der Waals surface area contributed by atoms with E-state index in [4.69, 9.17) is 5.11 Å². The Labute approximate surface area is 101 Å². The Morgan fingerprint density at radius 3 is 2.35 bits per heavy atom. The summed E-state index contributed by atoms with van der Waals surface area (Å²) in [6.45, 7) is -0.350. The van der Waals surface area contributed by atoms with Crippen LogP contribution < -0.4 is 4.72 Å². The molecule has 2 atom stereocenters. The third-order valence-electron chi connectivity index (χ3n) is 2.29. The quantitative estimate of drug-likeness (QED) is 0.672. The second-order valence-corrected chi connectivity index (χ2v) is 5.71. The maximum Gasteiger partial charge on any atom is 0.209 e. The summed E-state index contributed by atoms with van der Waals surface area (Å²) < 4.78 is 24.3. The topological polar surface area (TPSA) is 86.6 Å². The fourth-order valence-electron chi connectivity index (χ4n) is 1.54. The highest BCUT2D eigenvalue weighted by molar-refractivity contribution is 7.88. The SMILES string of the molecule is CS(=O)(=O)N[C@H](CO)C[C@@H](O)c1ccccc1. The number of hydrogen-bond acceptors (Lipinski definition) is 4. The van der Waals surface area contributed by atoms with Crippen molar-refractivity contribution in [3.63, 3.8) is 0 Å². The molecule has 17 heavy (non-hydrogen) atoms. The lowest BCUT2D eigenvalue weighted by atomic mass is 10.0. The lowest BCUT2D eigenvalue weighted by Gasteiger charge is -2.18. The summed E-state index contributed by atoms with van der Waals surface area (Å²) in [6, 6.07) is 8.22. The summed E-state index contributed by atoms with van der Waals surface area (Å²) >= 11 is 0. The molecule has 0 saturated carbocycles. The smallest absolute Gasteiger partial charge is 0.209 e. The Balaban J connectivity index is 2.63. The van der Waals surface area contributed by atoms with Crippen LogP contribution in [-0.4, -0.2) is 37.5 Å². The summed E-state index contributed by atoms with van der Waals surface area (Å²) in [6.07, 6.45) is 0.348. The van der Waals surface area contributed by atoms with Gasteiger partial charge in [-0.15, -0.1) is 0 Å². The molecule has 96 valence electrons. The van der Waals surface area contributed by atoms with Crippen LogP contribution in [0, 0.1) is 0 Å². The maximum atomic E-state index is 11.0. The second kappa shape index (κ2) is 6.11. The summed E-state index contributed by atoms with van der Waals surface area (Å²) in [7, 11) is -3.38. The number of aliphatic hydroxyl groups excluding tert-OH is 2. The molecule has 6 heteroatoms. The fourth-order valence-corrected chi connectivity index (χ4v) is 2.32. The summed E-state index contributed by atoms with van der Waals surface area (Å²) in [5, 5.41) is 18.9. The molecule has 0 aromatic heterocycles. The first-order valence-corrected chi connectivity index (χ1v) is 7.12. The van der Waals surface area contributed by atoms with Gasteiger partial charge >= 0.3 is 0 Å². The van der Waals surface area contributed by atoms with Crippen molar-refractivity contribution in [1.82, 2.24) is 4.72 Å². The third-order valence-corrected chi connectivity index (χ3v) is 3.05. The van der Waals surface area contributed by atoms with E-state index in [1.165, 1.54) is 0 Å². The average Bonchev–Trinajstić information content (AvgIpc) is 2.27. The molecule has 0 bridgehead atoms. The highest BCUT2D eigenvalue weighted by atomic mass is 32.2. The molecule has 0 aliphatic rings. The van der Waals surface area contributed by atoms with E-state index in [0.29, 0.717) is 5.56 Å². The number of nitrogens with one attached hydrogen (secondary N) is 1. The fraction of sp³-hybridized carbons (Fsp3) is 0.455. The molecule has 0 aliphatic carbocycles. The van der Waals surface area contributed by atoms with Gasteiger partial charge in [0.15, 0.2) is 0 Å². The zero-order chi connectivity index (χ0) is 12.9. The van der Waals surface area contributed by atoms with Gasteiger partial charge in [0.05, 0.1) is 19.0 Å². The van der Waals surface area contributed by atoms with Gasteiger partial charge in [-0.2, -0.15) is 0 Å². The first kappa shape index (κ1) is 14.1. The molecular formula is C11H17NO4S. The number of sulfonamides is 1. The molecule has 5 nitrogen and oxygen atoms in total. The van der Waals surface area contributed by atoms with Crippen molar-refractivity contribution in [1.29, 1.82) is 0 Å². The predicted octanol–water partition coefficient (Wildman–Crippen LogP) is 0.0202. The van der Waals surface area contributed by atoms with Crippen LogP contribution in [0.15, 0.2) is 30.3 Å². The van der Waals surface area contributed by atoms with Crippen molar-refractivity contribution in [3.8, 4) is 0 Å². The molecule has 0 radical (unpaired) electrons. The van der Waals surface area contributed by atoms with Gasteiger partial charge in [0.2, 0.25) is 10.0 Å². The Kier molecular flexibility index (Phi) is 5.07.